The average molecular weight is 439 g/mol. The summed E-state index contributed by atoms with van der Waals surface area (Å²) in [6.07, 6.45) is 0.624. The van der Waals surface area contributed by atoms with Gasteiger partial charge in [-0.1, -0.05) is 36.7 Å². The molecule has 2 aromatic rings. The van der Waals surface area contributed by atoms with Crippen LogP contribution in [0.3, 0.4) is 0 Å². The molecule has 0 aliphatic carbocycles. The molecule has 28 heavy (non-hydrogen) atoms. The molecule has 1 aromatic carbocycles. The molecule has 0 saturated carbocycles. The summed E-state index contributed by atoms with van der Waals surface area (Å²) in [6, 6.07) is 9.72. The van der Waals surface area contributed by atoms with Gasteiger partial charge >= 0.3 is 0 Å². The third kappa shape index (κ3) is 2.99. The van der Waals surface area contributed by atoms with Gasteiger partial charge in [-0.2, -0.15) is 4.31 Å². The lowest BCUT2D eigenvalue weighted by Crippen LogP contribution is -2.39. The van der Waals surface area contributed by atoms with E-state index in [1.54, 1.807) is 12.1 Å². The van der Waals surface area contributed by atoms with Crippen LogP contribution in [-0.4, -0.2) is 42.5 Å². The number of rotatable bonds is 5. The minimum Gasteiger partial charge on any atom is -0.274 e. The summed E-state index contributed by atoms with van der Waals surface area (Å²) in [4.78, 5) is 28.4. The van der Waals surface area contributed by atoms with E-state index in [-0.39, 0.29) is 40.9 Å². The van der Waals surface area contributed by atoms with Crippen molar-refractivity contribution in [1.29, 1.82) is 0 Å². The highest BCUT2D eigenvalue weighted by atomic mass is 35.5. The highest BCUT2D eigenvalue weighted by Crippen LogP contribution is 2.42. The molecule has 0 spiro atoms. The summed E-state index contributed by atoms with van der Waals surface area (Å²) < 4.78 is 27.1. The maximum atomic E-state index is 13.0. The van der Waals surface area contributed by atoms with Crippen molar-refractivity contribution in [3.63, 3.8) is 0 Å². The zero-order chi connectivity index (χ0) is 20.1. The van der Waals surface area contributed by atoms with Crippen LogP contribution >= 0.6 is 22.9 Å². The number of likely N-dealkylation sites (tertiary alicyclic amines) is 1. The van der Waals surface area contributed by atoms with Crippen LogP contribution in [0.5, 0.6) is 0 Å². The molecule has 2 fully saturated rings. The summed E-state index contributed by atoms with van der Waals surface area (Å²) in [5, 5.41) is 2.05. The summed E-state index contributed by atoms with van der Waals surface area (Å²) in [7, 11) is -3.86. The van der Waals surface area contributed by atoms with Crippen LogP contribution in [0.1, 0.15) is 24.3 Å². The van der Waals surface area contributed by atoms with Gasteiger partial charge in [0.25, 0.3) is 0 Å². The Kier molecular flexibility index (Phi) is 5.07. The molecule has 3 heterocycles. The fourth-order valence-electron chi connectivity index (χ4n) is 4.02. The SMILES string of the molecule is CCC(c1cccs1)N1C(=O)[C@H]2CN(S(=O)(=O)c3ccccc3Cl)C[C@H]2C1=O. The number of halogens is 1. The fraction of sp³-hybridized carbons (Fsp3) is 0.368. The molecule has 4 rings (SSSR count). The van der Waals surface area contributed by atoms with Gasteiger partial charge < -0.3 is 0 Å². The molecular weight excluding hydrogens is 420 g/mol. The predicted molar refractivity (Wildman–Crippen MR) is 106 cm³/mol. The number of hydrogen-bond acceptors (Lipinski definition) is 5. The molecule has 2 amide bonds. The minimum absolute atomic E-state index is 0.000170. The molecule has 2 saturated heterocycles. The Morgan fingerprint density at radius 3 is 2.29 bits per heavy atom. The van der Waals surface area contributed by atoms with Crippen molar-refractivity contribution < 1.29 is 18.0 Å². The topological polar surface area (TPSA) is 74.8 Å². The molecule has 2 aliphatic heterocycles. The lowest BCUT2D eigenvalue weighted by atomic mass is 10.00. The van der Waals surface area contributed by atoms with Crippen molar-refractivity contribution >= 4 is 44.8 Å². The lowest BCUT2D eigenvalue weighted by molar-refractivity contribution is -0.143. The molecule has 2 aliphatic rings. The third-order valence-corrected chi connectivity index (χ3v) is 8.73. The van der Waals surface area contributed by atoms with Gasteiger partial charge in [-0.05, 0) is 30.0 Å². The van der Waals surface area contributed by atoms with Crippen molar-refractivity contribution in [2.24, 2.45) is 11.8 Å². The zero-order valence-corrected chi connectivity index (χ0v) is 17.5. The Labute approximate surface area is 172 Å². The van der Waals surface area contributed by atoms with Crippen molar-refractivity contribution in [3.05, 3.63) is 51.7 Å². The van der Waals surface area contributed by atoms with Crippen LogP contribution in [0.15, 0.2) is 46.7 Å². The molecule has 0 radical (unpaired) electrons. The van der Waals surface area contributed by atoms with E-state index in [4.69, 9.17) is 11.6 Å². The van der Waals surface area contributed by atoms with Crippen molar-refractivity contribution in [3.8, 4) is 0 Å². The Morgan fingerprint density at radius 1 is 1.11 bits per heavy atom. The number of nitrogens with zero attached hydrogens (tertiary/aromatic N) is 2. The molecule has 1 unspecified atom stereocenters. The van der Waals surface area contributed by atoms with Gasteiger partial charge in [0.15, 0.2) is 0 Å². The maximum absolute atomic E-state index is 13.0. The van der Waals surface area contributed by atoms with Crippen molar-refractivity contribution in [2.45, 2.75) is 24.3 Å². The zero-order valence-electron chi connectivity index (χ0n) is 15.1. The Bertz CT molecular complexity index is 998. The average Bonchev–Trinajstić information content (AvgIpc) is 3.38. The fourth-order valence-corrected chi connectivity index (χ4v) is 6.91. The van der Waals surface area contributed by atoms with E-state index in [0.717, 1.165) is 4.88 Å². The van der Waals surface area contributed by atoms with E-state index in [2.05, 4.69) is 0 Å². The molecule has 6 nitrogen and oxygen atoms in total. The second-order valence-corrected chi connectivity index (χ2v) is 10.2. The Morgan fingerprint density at radius 2 is 1.75 bits per heavy atom. The first kappa shape index (κ1) is 19.6. The molecule has 0 N–H and O–H groups in total. The highest BCUT2D eigenvalue weighted by molar-refractivity contribution is 7.89. The quantitative estimate of drug-likeness (QED) is 0.672. The van der Waals surface area contributed by atoms with E-state index in [1.165, 1.54) is 32.7 Å². The van der Waals surface area contributed by atoms with Gasteiger partial charge in [-0.25, -0.2) is 8.42 Å². The second-order valence-electron chi connectivity index (χ2n) is 6.95. The summed E-state index contributed by atoms with van der Waals surface area (Å²) in [5.74, 6) is -1.85. The first-order valence-corrected chi connectivity index (χ1v) is 11.7. The Hall–Kier alpha value is -1.74. The molecular formula is C19H19ClN2O4S2. The molecule has 3 atom stereocenters. The normalized spacial score (nSPS) is 24.0. The molecule has 148 valence electrons. The number of carbonyl (C=O) groups is 2. The first-order chi connectivity index (χ1) is 13.4. The number of benzene rings is 1. The smallest absolute Gasteiger partial charge is 0.244 e. The van der Waals surface area contributed by atoms with Crippen molar-refractivity contribution in [2.75, 3.05) is 13.1 Å². The van der Waals surface area contributed by atoms with Crippen molar-refractivity contribution in [1.82, 2.24) is 9.21 Å². The summed E-state index contributed by atoms with van der Waals surface area (Å²) in [5.41, 5.74) is 0. The minimum atomic E-state index is -3.86. The van der Waals surface area contributed by atoms with Gasteiger partial charge in [0.2, 0.25) is 21.8 Å². The number of amides is 2. The molecule has 1 aromatic heterocycles. The van der Waals surface area contributed by atoms with E-state index < -0.39 is 21.9 Å². The van der Waals surface area contributed by atoms with Crippen LogP contribution in [0.2, 0.25) is 5.02 Å². The Balaban J connectivity index is 1.60. The van der Waals surface area contributed by atoms with Gasteiger partial charge in [0, 0.05) is 18.0 Å². The summed E-state index contributed by atoms with van der Waals surface area (Å²) in [6.45, 7) is 1.94. The van der Waals surface area contributed by atoms with Gasteiger partial charge in [-0.15, -0.1) is 11.3 Å². The lowest BCUT2D eigenvalue weighted by Gasteiger charge is -2.27. The first-order valence-electron chi connectivity index (χ1n) is 9.01. The molecule has 0 bridgehead atoms. The van der Waals surface area contributed by atoms with E-state index in [9.17, 15) is 18.0 Å². The van der Waals surface area contributed by atoms with Crippen LogP contribution in [0.25, 0.3) is 0 Å². The molecule has 9 heteroatoms. The monoisotopic (exact) mass is 438 g/mol. The predicted octanol–water partition coefficient (Wildman–Crippen LogP) is 3.16. The number of thiophene rings is 1. The second kappa shape index (κ2) is 7.26. The van der Waals surface area contributed by atoms with Gasteiger partial charge in [-0.3, -0.25) is 14.5 Å². The number of hydrogen-bond donors (Lipinski definition) is 0. The van der Waals surface area contributed by atoms with E-state index >= 15 is 0 Å². The number of carbonyl (C=O) groups excluding carboxylic acids is 2. The number of fused-ring (bicyclic) bond motifs is 1. The van der Waals surface area contributed by atoms with Crippen LogP contribution in [0, 0.1) is 11.8 Å². The summed E-state index contributed by atoms with van der Waals surface area (Å²) >= 11 is 7.57. The standard InChI is InChI=1S/C19H19ClN2O4S2/c1-2-15(16-7-5-9-27-16)22-18(23)12-10-21(11-13(12)19(22)24)28(25,26)17-8-4-3-6-14(17)20/h3-9,12-13,15H,2,10-11H2,1H3/t12-,13+,15?. The van der Waals surface area contributed by atoms with Crippen LogP contribution in [0.4, 0.5) is 0 Å². The highest BCUT2D eigenvalue weighted by Gasteiger charge is 2.56. The van der Waals surface area contributed by atoms with E-state index in [1.807, 2.05) is 24.4 Å². The van der Waals surface area contributed by atoms with E-state index in [0.29, 0.717) is 6.42 Å². The third-order valence-electron chi connectivity index (χ3n) is 5.42. The van der Waals surface area contributed by atoms with Gasteiger partial charge in [0.05, 0.1) is 22.9 Å². The number of sulfonamides is 1. The maximum Gasteiger partial charge on any atom is 0.244 e. The van der Waals surface area contributed by atoms with Crippen LogP contribution in [-0.2, 0) is 19.6 Å². The number of imide groups is 1. The van der Waals surface area contributed by atoms with Crippen LogP contribution < -0.4 is 0 Å². The van der Waals surface area contributed by atoms with Gasteiger partial charge in [0.1, 0.15) is 4.90 Å². The largest absolute Gasteiger partial charge is 0.274 e.